The summed E-state index contributed by atoms with van der Waals surface area (Å²) >= 11 is 0. The van der Waals surface area contributed by atoms with Crippen molar-refractivity contribution in [3.8, 4) is 11.5 Å². The van der Waals surface area contributed by atoms with Crippen molar-refractivity contribution in [2.24, 2.45) is 0 Å². The minimum atomic E-state index is -3.64. The van der Waals surface area contributed by atoms with Gasteiger partial charge in [0.25, 0.3) is 0 Å². The summed E-state index contributed by atoms with van der Waals surface area (Å²) in [6, 6.07) is 8.47. The maximum atomic E-state index is 13.2. The molecule has 0 spiro atoms. The number of rotatable bonds is 6. The Hall–Kier alpha value is -2.65. The van der Waals surface area contributed by atoms with Crippen molar-refractivity contribution >= 4 is 21.2 Å². The number of pyridine rings is 1. The lowest BCUT2D eigenvalue weighted by molar-refractivity contribution is 0.353. The molecule has 0 radical (unpaired) electrons. The lowest BCUT2D eigenvalue weighted by Crippen LogP contribution is -2.29. The van der Waals surface area contributed by atoms with Crippen LogP contribution < -0.4 is 9.47 Å². The maximum Gasteiger partial charge on any atom is 0.243 e. The van der Waals surface area contributed by atoms with Gasteiger partial charge in [-0.2, -0.15) is 4.31 Å². The average Bonchev–Trinajstić information content (AvgIpc) is 3.38. The predicted octanol–water partition coefficient (Wildman–Crippen LogP) is 2.65. The van der Waals surface area contributed by atoms with Crippen LogP contribution in [0.25, 0.3) is 11.2 Å². The van der Waals surface area contributed by atoms with Gasteiger partial charge in [-0.3, -0.25) is 0 Å². The summed E-state index contributed by atoms with van der Waals surface area (Å²) in [6.45, 7) is 3.62. The second-order valence-electron chi connectivity index (χ2n) is 6.93. The van der Waals surface area contributed by atoms with Gasteiger partial charge in [0.15, 0.2) is 17.1 Å². The van der Waals surface area contributed by atoms with Crippen LogP contribution in [0.3, 0.4) is 0 Å². The summed E-state index contributed by atoms with van der Waals surface area (Å²) in [7, 11) is -0.633. The molecule has 1 aliphatic heterocycles. The molecular formula is C20H24N4O4S. The second kappa shape index (κ2) is 7.64. The van der Waals surface area contributed by atoms with Crippen LogP contribution in [0, 0.1) is 0 Å². The third kappa shape index (κ3) is 3.34. The Balaban J connectivity index is 1.63. The second-order valence-corrected chi connectivity index (χ2v) is 8.86. The van der Waals surface area contributed by atoms with Gasteiger partial charge >= 0.3 is 0 Å². The fourth-order valence-electron chi connectivity index (χ4n) is 3.88. The van der Waals surface area contributed by atoms with E-state index < -0.39 is 10.0 Å². The molecule has 1 atom stereocenters. The topological polar surface area (TPSA) is 86.6 Å². The van der Waals surface area contributed by atoms with E-state index in [1.807, 2.05) is 19.1 Å². The molecule has 1 aromatic carbocycles. The molecule has 1 fully saturated rings. The van der Waals surface area contributed by atoms with E-state index in [0.717, 1.165) is 30.0 Å². The van der Waals surface area contributed by atoms with Crippen LogP contribution in [0.4, 0.5) is 0 Å². The number of ether oxygens (including phenoxy) is 2. The van der Waals surface area contributed by atoms with Gasteiger partial charge in [0.2, 0.25) is 10.0 Å². The lowest BCUT2D eigenvalue weighted by Gasteiger charge is -2.18. The third-order valence-electron chi connectivity index (χ3n) is 5.36. The van der Waals surface area contributed by atoms with Gasteiger partial charge in [0.1, 0.15) is 11.3 Å². The molecule has 1 aliphatic rings. The van der Waals surface area contributed by atoms with E-state index in [2.05, 4.69) is 9.55 Å². The number of sulfonamides is 1. The highest BCUT2D eigenvalue weighted by Gasteiger charge is 2.36. The first kappa shape index (κ1) is 19.7. The van der Waals surface area contributed by atoms with Crippen molar-refractivity contribution in [2.75, 3.05) is 27.3 Å². The number of fused-ring (bicyclic) bond motifs is 1. The normalized spacial score (nSPS) is 17.7. The molecule has 0 saturated carbocycles. The molecule has 0 bridgehead atoms. The highest BCUT2D eigenvalue weighted by Crippen LogP contribution is 2.35. The largest absolute Gasteiger partial charge is 0.493 e. The van der Waals surface area contributed by atoms with E-state index in [1.165, 1.54) is 24.6 Å². The van der Waals surface area contributed by atoms with Gasteiger partial charge < -0.3 is 14.0 Å². The zero-order valence-corrected chi connectivity index (χ0v) is 17.5. The number of benzene rings is 1. The van der Waals surface area contributed by atoms with E-state index in [-0.39, 0.29) is 10.8 Å². The standard InChI is InChI=1S/C20H24N4O4S/c1-4-24-19(22-16-6-5-10-21-20(16)24)14-9-11-23(13-14)29(25,26)15-7-8-17(27-2)18(12-15)28-3/h5-8,10,12,14H,4,9,11,13H2,1-3H3/t14-/m0/s1. The molecule has 0 amide bonds. The smallest absolute Gasteiger partial charge is 0.243 e. The number of aryl methyl sites for hydroxylation is 1. The summed E-state index contributed by atoms with van der Waals surface area (Å²) in [5.74, 6) is 1.81. The van der Waals surface area contributed by atoms with Gasteiger partial charge in [0, 0.05) is 37.8 Å². The molecule has 154 valence electrons. The number of aromatic nitrogens is 3. The van der Waals surface area contributed by atoms with Crippen LogP contribution in [0.5, 0.6) is 11.5 Å². The third-order valence-corrected chi connectivity index (χ3v) is 7.22. The molecule has 0 aliphatic carbocycles. The van der Waals surface area contributed by atoms with Crippen LogP contribution in [-0.2, 0) is 16.6 Å². The zero-order chi connectivity index (χ0) is 20.6. The zero-order valence-electron chi connectivity index (χ0n) is 16.7. The van der Waals surface area contributed by atoms with Crippen LogP contribution in [0.1, 0.15) is 25.1 Å². The molecular weight excluding hydrogens is 392 g/mol. The minimum absolute atomic E-state index is 0.0269. The Bertz CT molecular complexity index is 1140. The molecule has 3 heterocycles. The molecule has 1 saturated heterocycles. The highest BCUT2D eigenvalue weighted by molar-refractivity contribution is 7.89. The lowest BCUT2D eigenvalue weighted by atomic mass is 10.1. The number of nitrogens with zero attached hydrogens (tertiary/aromatic N) is 4. The minimum Gasteiger partial charge on any atom is -0.493 e. The van der Waals surface area contributed by atoms with Crippen molar-refractivity contribution in [3.63, 3.8) is 0 Å². The molecule has 9 heteroatoms. The van der Waals surface area contributed by atoms with Crippen LogP contribution >= 0.6 is 0 Å². The molecule has 0 unspecified atom stereocenters. The molecule has 3 aromatic rings. The quantitative estimate of drug-likeness (QED) is 0.614. The summed E-state index contributed by atoms with van der Waals surface area (Å²) in [5.41, 5.74) is 1.68. The fourth-order valence-corrected chi connectivity index (χ4v) is 5.40. The van der Waals surface area contributed by atoms with Crippen LogP contribution in [0.2, 0.25) is 0 Å². The van der Waals surface area contributed by atoms with E-state index in [4.69, 9.17) is 14.5 Å². The van der Waals surface area contributed by atoms with E-state index in [9.17, 15) is 8.42 Å². The monoisotopic (exact) mass is 416 g/mol. The number of methoxy groups -OCH3 is 2. The number of imidazole rings is 1. The number of hydrogen-bond acceptors (Lipinski definition) is 6. The summed E-state index contributed by atoms with van der Waals surface area (Å²) < 4.78 is 40.5. The average molecular weight is 417 g/mol. The van der Waals surface area contributed by atoms with Crippen LogP contribution in [0.15, 0.2) is 41.4 Å². The molecule has 2 aromatic heterocycles. The Kier molecular flexibility index (Phi) is 5.18. The van der Waals surface area contributed by atoms with Crippen LogP contribution in [-0.4, -0.2) is 54.6 Å². The summed E-state index contributed by atoms with van der Waals surface area (Å²) in [4.78, 5) is 9.38. The first-order chi connectivity index (χ1) is 14.0. The Morgan fingerprint density at radius 1 is 1.17 bits per heavy atom. The van der Waals surface area contributed by atoms with E-state index in [1.54, 1.807) is 18.3 Å². The van der Waals surface area contributed by atoms with E-state index in [0.29, 0.717) is 24.6 Å². The first-order valence-corrected chi connectivity index (χ1v) is 11.0. The molecule has 4 rings (SSSR count). The van der Waals surface area contributed by atoms with Gasteiger partial charge in [-0.1, -0.05) is 0 Å². The molecule has 8 nitrogen and oxygen atoms in total. The number of hydrogen-bond donors (Lipinski definition) is 0. The highest BCUT2D eigenvalue weighted by atomic mass is 32.2. The SMILES string of the molecule is CCn1c([C@H]2CCN(S(=O)(=O)c3ccc(OC)c(OC)c3)C2)nc2cccnc21. The van der Waals surface area contributed by atoms with Gasteiger partial charge in [-0.25, -0.2) is 18.4 Å². The summed E-state index contributed by atoms with van der Waals surface area (Å²) in [6.07, 6.45) is 2.47. The molecule has 0 N–H and O–H groups in total. The Morgan fingerprint density at radius 2 is 1.97 bits per heavy atom. The van der Waals surface area contributed by atoms with Crippen molar-refractivity contribution < 1.29 is 17.9 Å². The maximum absolute atomic E-state index is 13.2. The first-order valence-electron chi connectivity index (χ1n) is 9.53. The molecule has 29 heavy (non-hydrogen) atoms. The Labute approximate surface area is 170 Å². The van der Waals surface area contributed by atoms with Crippen molar-refractivity contribution in [1.29, 1.82) is 0 Å². The predicted molar refractivity (Wildman–Crippen MR) is 109 cm³/mol. The van der Waals surface area contributed by atoms with Crippen molar-refractivity contribution in [3.05, 3.63) is 42.4 Å². The fraction of sp³-hybridized carbons (Fsp3) is 0.400. The van der Waals surface area contributed by atoms with Crippen molar-refractivity contribution in [1.82, 2.24) is 18.8 Å². The van der Waals surface area contributed by atoms with Gasteiger partial charge in [-0.05, 0) is 37.6 Å². The van der Waals surface area contributed by atoms with Crippen molar-refractivity contribution in [2.45, 2.75) is 30.7 Å². The van der Waals surface area contributed by atoms with Gasteiger partial charge in [-0.15, -0.1) is 0 Å². The van der Waals surface area contributed by atoms with E-state index >= 15 is 0 Å². The Morgan fingerprint density at radius 3 is 2.69 bits per heavy atom. The summed E-state index contributed by atoms with van der Waals surface area (Å²) in [5, 5.41) is 0. The van der Waals surface area contributed by atoms with Gasteiger partial charge in [0.05, 0.1) is 19.1 Å².